The Labute approximate surface area is 148 Å². The summed E-state index contributed by atoms with van der Waals surface area (Å²) in [6.07, 6.45) is 0. The highest BCUT2D eigenvalue weighted by Crippen LogP contribution is 2.21. The fourth-order valence-corrected chi connectivity index (χ4v) is 3.59. The largest absolute Gasteiger partial charge is 0.497 e. The van der Waals surface area contributed by atoms with E-state index in [1.54, 1.807) is 64.5 Å². The van der Waals surface area contributed by atoms with Crippen LogP contribution in [0, 0.1) is 6.92 Å². The minimum Gasteiger partial charge on any atom is -0.497 e. The van der Waals surface area contributed by atoms with Crippen molar-refractivity contribution in [1.29, 1.82) is 0 Å². The molecule has 0 fully saturated rings. The van der Waals surface area contributed by atoms with Gasteiger partial charge in [0, 0.05) is 0 Å². The fraction of sp³-hybridized carbons (Fsp3) is 0.333. The van der Waals surface area contributed by atoms with Crippen LogP contribution in [0.5, 0.6) is 17.2 Å². The molecule has 7 heteroatoms. The molecule has 0 bridgehead atoms. The van der Waals surface area contributed by atoms with Crippen LogP contribution < -0.4 is 18.9 Å². The topological polar surface area (TPSA) is 73.9 Å². The van der Waals surface area contributed by atoms with E-state index < -0.39 is 16.1 Å². The summed E-state index contributed by atoms with van der Waals surface area (Å²) < 4.78 is 43.4. The van der Waals surface area contributed by atoms with Gasteiger partial charge in [-0.05, 0) is 61.9 Å². The number of nitrogens with one attached hydrogen (secondary N) is 1. The SMILES string of the molecule is COc1ccc(OCC(C)NS(=O)(=O)c2ccc(OC)c(C)c2)cc1. The van der Waals surface area contributed by atoms with Crippen LogP contribution in [-0.4, -0.2) is 35.3 Å². The van der Waals surface area contributed by atoms with Gasteiger partial charge < -0.3 is 14.2 Å². The van der Waals surface area contributed by atoms with E-state index in [2.05, 4.69) is 4.72 Å². The quantitative estimate of drug-likeness (QED) is 0.779. The van der Waals surface area contributed by atoms with Gasteiger partial charge in [-0.1, -0.05) is 0 Å². The van der Waals surface area contributed by atoms with Crippen molar-refractivity contribution in [2.75, 3.05) is 20.8 Å². The number of hydrogen-bond acceptors (Lipinski definition) is 5. The Hall–Kier alpha value is -2.25. The molecular formula is C18H23NO5S. The molecule has 136 valence electrons. The third-order valence-corrected chi connectivity index (χ3v) is 5.18. The van der Waals surface area contributed by atoms with Crippen molar-refractivity contribution in [2.24, 2.45) is 0 Å². The van der Waals surface area contributed by atoms with Gasteiger partial charge in [0.2, 0.25) is 10.0 Å². The second kappa shape index (κ2) is 8.22. The fourth-order valence-electron chi connectivity index (χ4n) is 2.28. The summed E-state index contributed by atoms with van der Waals surface area (Å²) >= 11 is 0. The van der Waals surface area contributed by atoms with Crippen molar-refractivity contribution in [3.8, 4) is 17.2 Å². The van der Waals surface area contributed by atoms with Crippen LogP contribution in [0.2, 0.25) is 0 Å². The first-order chi connectivity index (χ1) is 11.9. The summed E-state index contributed by atoms with van der Waals surface area (Å²) in [6.45, 7) is 3.76. The van der Waals surface area contributed by atoms with E-state index >= 15 is 0 Å². The molecule has 0 heterocycles. The smallest absolute Gasteiger partial charge is 0.240 e. The van der Waals surface area contributed by atoms with Crippen LogP contribution in [0.25, 0.3) is 0 Å². The van der Waals surface area contributed by atoms with Gasteiger partial charge in [-0.15, -0.1) is 0 Å². The number of ether oxygens (including phenoxy) is 3. The molecule has 2 aromatic carbocycles. The molecule has 0 aliphatic rings. The zero-order valence-electron chi connectivity index (χ0n) is 14.8. The average Bonchev–Trinajstić information content (AvgIpc) is 2.60. The maximum Gasteiger partial charge on any atom is 0.240 e. The normalized spacial score (nSPS) is 12.5. The predicted molar refractivity (Wildman–Crippen MR) is 96.0 cm³/mol. The summed E-state index contributed by atoms with van der Waals surface area (Å²) in [5.41, 5.74) is 0.757. The molecule has 1 N–H and O–H groups in total. The summed E-state index contributed by atoms with van der Waals surface area (Å²) in [5.74, 6) is 2.03. The van der Waals surface area contributed by atoms with Crippen LogP contribution in [-0.2, 0) is 10.0 Å². The number of aryl methyl sites for hydroxylation is 1. The molecule has 1 unspecified atom stereocenters. The highest BCUT2D eigenvalue weighted by molar-refractivity contribution is 7.89. The lowest BCUT2D eigenvalue weighted by Crippen LogP contribution is -2.36. The highest BCUT2D eigenvalue weighted by atomic mass is 32.2. The Bertz CT molecular complexity index is 803. The van der Waals surface area contributed by atoms with Crippen molar-refractivity contribution in [3.05, 3.63) is 48.0 Å². The first-order valence-electron chi connectivity index (χ1n) is 7.79. The monoisotopic (exact) mass is 365 g/mol. The first kappa shape index (κ1) is 19.1. The lowest BCUT2D eigenvalue weighted by atomic mass is 10.2. The van der Waals surface area contributed by atoms with Gasteiger partial charge in [-0.3, -0.25) is 0 Å². The van der Waals surface area contributed by atoms with Gasteiger partial charge >= 0.3 is 0 Å². The Kier molecular flexibility index (Phi) is 6.27. The van der Waals surface area contributed by atoms with E-state index in [1.165, 1.54) is 6.07 Å². The minimum atomic E-state index is -3.63. The molecule has 1 atom stereocenters. The third-order valence-electron chi connectivity index (χ3n) is 3.59. The molecule has 0 aromatic heterocycles. The number of rotatable bonds is 8. The minimum absolute atomic E-state index is 0.196. The van der Waals surface area contributed by atoms with Crippen molar-refractivity contribution < 1.29 is 22.6 Å². The lowest BCUT2D eigenvalue weighted by molar-refractivity contribution is 0.287. The number of sulfonamides is 1. The predicted octanol–water partition coefficient (Wildman–Crippen LogP) is 2.76. The Balaban J connectivity index is 1.98. The average molecular weight is 365 g/mol. The molecule has 0 aliphatic heterocycles. The van der Waals surface area contributed by atoms with Crippen LogP contribution >= 0.6 is 0 Å². The maximum atomic E-state index is 12.5. The highest BCUT2D eigenvalue weighted by Gasteiger charge is 2.18. The standard InChI is InChI=1S/C18H23NO5S/c1-13-11-17(9-10-18(13)23-4)25(20,21)19-14(2)12-24-16-7-5-15(22-3)6-8-16/h5-11,14,19H,12H2,1-4H3. The van der Waals surface area contributed by atoms with Gasteiger partial charge in [-0.25, -0.2) is 13.1 Å². The number of benzene rings is 2. The van der Waals surface area contributed by atoms with Crippen molar-refractivity contribution in [1.82, 2.24) is 4.72 Å². The summed E-state index contributed by atoms with van der Waals surface area (Å²) in [7, 11) is -0.488. The summed E-state index contributed by atoms with van der Waals surface area (Å²) in [4.78, 5) is 0.196. The maximum absolute atomic E-state index is 12.5. The van der Waals surface area contributed by atoms with Gasteiger partial charge in [0.25, 0.3) is 0 Å². The Morgan fingerprint density at radius 2 is 1.64 bits per heavy atom. The molecule has 0 radical (unpaired) electrons. The molecule has 6 nitrogen and oxygen atoms in total. The van der Waals surface area contributed by atoms with Crippen LogP contribution in [0.3, 0.4) is 0 Å². The molecule has 0 amide bonds. The van der Waals surface area contributed by atoms with Gasteiger partial charge in [0.05, 0.1) is 25.2 Å². The second-order valence-corrected chi connectivity index (χ2v) is 7.35. The number of methoxy groups -OCH3 is 2. The molecular weight excluding hydrogens is 342 g/mol. The lowest BCUT2D eigenvalue weighted by Gasteiger charge is -2.16. The van der Waals surface area contributed by atoms with Crippen LogP contribution in [0.15, 0.2) is 47.4 Å². The van der Waals surface area contributed by atoms with Crippen molar-refractivity contribution >= 4 is 10.0 Å². The summed E-state index contributed by atoms with van der Waals surface area (Å²) in [5, 5.41) is 0. The molecule has 2 rings (SSSR count). The Morgan fingerprint density at radius 3 is 2.20 bits per heavy atom. The molecule has 0 spiro atoms. The van der Waals surface area contributed by atoms with Gasteiger partial charge in [0.15, 0.2) is 0 Å². The van der Waals surface area contributed by atoms with E-state index in [0.717, 1.165) is 11.3 Å². The molecule has 25 heavy (non-hydrogen) atoms. The zero-order valence-corrected chi connectivity index (χ0v) is 15.6. The summed E-state index contributed by atoms with van der Waals surface area (Å²) in [6, 6.07) is 11.5. The van der Waals surface area contributed by atoms with Gasteiger partial charge in [-0.2, -0.15) is 0 Å². The molecule has 0 aliphatic carbocycles. The van der Waals surface area contributed by atoms with Crippen LogP contribution in [0.4, 0.5) is 0 Å². The van der Waals surface area contributed by atoms with E-state index in [0.29, 0.717) is 11.5 Å². The molecule has 2 aromatic rings. The van der Waals surface area contributed by atoms with E-state index in [9.17, 15) is 8.42 Å². The van der Waals surface area contributed by atoms with Crippen LogP contribution in [0.1, 0.15) is 12.5 Å². The van der Waals surface area contributed by atoms with Crippen molar-refractivity contribution in [2.45, 2.75) is 24.8 Å². The third kappa shape index (κ3) is 5.11. The van der Waals surface area contributed by atoms with E-state index in [-0.39, 0.29) is 11.5 Å². The molecule has 0 saturated carbocycles. The van der Waals surface area contributed by atoms with E-state index in [4.69, 9.17) is 14.2 Å². The Morgan fingerprint density at radius 1 is 1.00 bits per heavy atom. The van der Waals surface area contributed by atoms with Gasteiger partial charge in [0.1, 0.15) is 23.9 Å². The first-order valence-corrected chi connectivity index (χ1v) is 9.28. The van der Waals surface area contributed by atoms with Crippen molar-refractivity contribution in [3.63, 3.8) is 0 Å². The second-order valence-electron chi connectivity index (χ2n) is 5.64. The molecule has 0 saturated heterocycles. The zero-order chi connectivity index (χ0) is 18.4. The van der Waals surface area contributed by atoms with E-state index in [1.807, 2.05) is 0 Å². The number of hydrogen-bond donors (Lipinski definition) is 1.